The van der Waals surface area contributed by atoms with Crippen LogP contribution in [0.2, 0.25) is 0 Å². The van der Waals surface area contributed by atoms with Crippen LogP contribution in [0.4, 0.5) is 23.0 Å². The molecule has 378 valence electrons. The number of carbonyl (C=O) groups excluding carboxylic acids is 2. The Morgan fingerprint density at radius 1 is 0.658 bits per heavy atom. The molecular weight excluding hydrogens is 1040 g/mol. The van der Waals surface area contributed by atoms with Crippen LogP contribution in [-0.2, 0) is 9.59 Å². The lowest BCUT2D eigenvalue weighted by atomic mass is 9.79. The van der Waals surface area contributed by atoms with Gasteiger partial charge < -0.3 is 45.9 Å². The van der Waals surface area contributed by atoms with E-state index in [0.29, 0.717) is 84.7 Å². The van der Waals surface area contributed by atoms with Crippen LogP contribution in [0.3, 0.4) is 0 Å². The normalized spacial score (nSPS) is 11.3. The number of rotatable bonds is 13. The Kier molecular flexibility index (Phi) is 18.4. The number of carbonyl (C=O) groups is 2. The van der Waals surface area contributed by atoms with Gasteiger partial charge in [-0.05, 0) is 124 Å². The molecule has 2 amide bonds. The van der Waals surface area contributed by atoms with Crippen molar-refractivity contribution in [2.45, 2.75) is 20.8 Å². The monoisotopic (exact) mass is 1100 g/mol. The van der Waals surface area contributed by atoms with Gasteiger partial charge in [0.2, 0.25) is 11.8 Å². The topological polar surface area (TPSA) is 262 Å². The number of hydrogen-bond donors (Lipinski definition) is 4. The maximum absolute atomic E-state index is 12.5. The number of likely N-dealkylation sites (N-methyl/N-ethyl adjacent to an activating group) is 4. The third-order valence-electron chi connectivity index (χ3n) is 11.3. The molecule has 2 aromatic carbocycles. The lowest BCUT2D eigenvalue weighted by molar-refractivity contribution is -0.114. The van der Waals surface area contributed by atoms with Gasteiger partial charge in [-0.3, -0.25) is 9.59 Å². The van der Waals surface area contributed by atoms with Crippen molar-refractivity contribution in [2.75, 3.05) is 83.8 Å². The molecule has 0 aliphatic heterocycles. The van der Waals surface area contributed by atoms with Gasteiger partial charge in [0.15, 0.2) is 22.9 Å². The number of nitrogens with zero attached hydrogens (tertiary/aromatic N) is 14. The summed E-state index contributed by atoms with van der Waals surface area (Å²) >= 11 is 2.09. The zero-order valence-electron chi connectivity index (χ0n) is 42.3. The molecule has 0 unspecified atom stereocenters. The molecule has 8 rings (SSSR count). The highest BCUT2D eigenvalue weighted by atomic mass is 127. The highest BCUT2D eigenvalue weighted by Gasteiger charge is 2.21. The van der Waals surface area contributed by atoms with E-state index < -0.39 is 7.12 Å². The van der Waals surface area contributed by atoms with Crippen molar-refractivity contribution < 1.29 is 24.4 Å². The molecule has 6 aromatic heterocycles. The average Bonchev–Trinajstić information content (AvgIpc) is 3.94. The van der Waals surface area contributed by atoms with Gasteiger partial charge in [0.25, 0.3) is 0 Å². The molecule has 0 bridgehead atoms. The highest BCUT2D eigenvalue weighted by Crippen LogP contribution is 2.34. The van der Waals surface area contributed by atoms with E-state index in [0.717, 1.165) is 28.0 Å². The fraction of sp³-hybridized carbons (Fsp3) is 0.240. The minimum Gasteiger partial charge on any atom is -0.496 e. The zero-order valence-corrected chi connectivity index (χ0v) is 44.5. The zero-order chi connectivity index (χ0) is 53.1. The van der Waals surface area contributed by atoms with Crippen LogP contribution >= 0.6 is 22.6 Å². The van der Waals surface area contributed by atoms with E-state index in [1.54, 1.807) is 79.4 Å². The van der Waals surface area contributed by atoms with Crippen molar-refractivity contribution in [3.63, 3.8) is 0 Å². The van der Waals surface area contributed by atoms with E-state index in [1.165, 1.54) is 22.5 Å². The van der Waals surface area contributed by atoms with Crippen LogP contribution < -0.4 is 31.5 Å². The number of halogens is 1. The van der Waals surface area contributed by atoms with E-state index in [9.17, 15) is 9.59 Å². The number of fused-ring (bicyclic) bond motifs is 2. The first-order valence-corrected chi connectivity index (χ1v) is 23.7. The van der Waals surface area contributed by atoms with E-state index in [4.69, 9.17) is 31.4 Å². The van der Waals surface area contributed by atoms with Gasteiger partial charge in [0.05, 0.1) is 41.7 Å². The summed E-state index contributed by atoms with van der Waals surface area (Å²) in [5, 5.41) is 28.1. The summed E-state index contributed by atoms with van der Waals surface area (Å²) in [4.78, 5) is 57.5. The summed E-state index contributed by atoms with van der Waals surface area (Å²) in [5.74, 6) is 2.30. The largest absolute Gasteiger partial charge is 0.496 e. The smallest absolute Gasteiger partial charge is 0.488 e. The molecule has 0 saturated heterocycles. The minimum absolute atomic E-state index is 0.119. The SMILES string of the molecule is CN(C)C/C=C/C(=O)N(C)c1ccc(-n2nc(I)c3c(N)ncnc32)nc1.COc1cc(-c2nn(-c3ccc(N(C)C(=O)/C=C/CN(C)C)cn3)c3ncnc(N)c23)ccc1C.Cc1ccc(B(O)O)cc1C. The summed E-state index contributed by atoms with van der Waals surface area (Å²) in [6.07, 6.45) is 12.8. The Morgan fingerprint density at radius 2 is 1.16 bits per heavy atom. The molecule has 0 radical (unpaired) electrons. The Balaban J connectivity index is 0.000000201. The lowest BCUT2D eigenvalue weighted by Gasteiger charge is -2.15. The minimum atomic E-state index is -1.35. The van der Waals surface area contributed by atoms with Crippen LogP contribution in [0.1, 0.15) is 16.7 Å². The summed E-state index contributed by atoms with van der Waals surface area (Å²) in [5.41, 5.74) is 19.9. The first-order chi connectivity index (χ1) is 34.8. The maximum atomic E-state index is 12.5. The van der Waals surface area contributed by atoms with Gasteiger partial charge in [-0.15, -0.1) is 0 Å². The molecule has 6 N–H and O–H groups in total. The lowest BCUT2D eigenvalue weighted by Crippen LogP contribution is -2.29. The second-order valence-electron chi connectivity index (χ2n) is 17.2. The Morgan fingerprint density at radius 3 is 1.64 bits per heavy atom. The number of nitrogens with two attached hydrogens (primary N) is 2. The second-order valence-corrected chi connectivity index (χ2v) is 18.2. The van der Waals surface area contributed by atoms with E-state index in [1.807, 2.05) is 107 Å². The molecule has 0 spiro atoms. The fourth-order valence-corrected chi connectivity index (χ4v) is 7.67. The standard InChI is InChI=1S/C25H28N8O2.C17H19IN8O.C8H11BO2/c1-16-8-9-17(13-19(16)35-5)23-22-24(26)28-15-29-25(22)33(30-23)20-11-10-18(14-27-20)32(4)21(34)7-6-12-31(2)3;1-24(2)8-4-5-13(27)25(3)11-6-7-12(20-9-11)26-17-14(15(18)23-26)16(19)21-10-22-17;1-6-3-4-8(9(10)11)5-7(6)2/h6-11,13-15H,12H2,1-5H3,(H2,26,28,29);4-7,9-10H,8H2,1-3H3,(H2,19,21,22);3-5,10-11H,1-2H3/b7-6+;5-4+;. The van der Waals surface area contributed by atoms with Gasteiger partial charge in [0.1, 0.15) is 39.4 Å². The van der Waals surface area contributed by atoms with Crippen molar-refractivity contribution in [1.82, 2.24) is 59.3 Å². The number of nitrogen functional groups attached to an aromatic ring is 2. The molecule has 6 heterocycles. The first kappa shape index (κ1) is 54.6. The van der Waals surface area contributed by atoms with Crippen molar-refractivity contribution in [3.05, 3.63) is 130 Å². The van der Waals surface area contributed by atoms with Crippen LogP contribution in [0, 0.1) is 24.5 Å². The van der Waals surface area contributed by atoms with Gasteiger partial charge >= 0.3 is 7.12 Å². The van der Waals surface area contributed by atoms with E-state index in [2.05, 4.69) is 57.6 Å². The Bertz CT molecular complexity index is 3270. The average molecular weight is 1100 g/mol. The van der Waals surface area contributed by atoms with Crippen LogP contribution in [0.15, 0.2) is 110 Å². The number of methoxy groups -OCH3 is 1. The first-order valence-electron chi connectivity index (χ1n) is 22.6. The number of pyridine rings is 2. The van der Waals surface area contributed by atoms with E-state index in [-0.39, 0.29) is 11.8 Å². The predicted octanol–water partition coefficient (Wildman–Crippen LogP) is 4.32. The summed E-state index contributed by atoms with van der Waals surface area (Å²) in [6.45, 7) is 7.29. The molecular formula is C50H58BIN16O5. The summed E-state index contributed by atoms with van der Waals surface area (Å²) in [6, 6.07) is 18.4. The van der Waals surface area contributed by atoms with Gasteiger partial charge in [-0.1, -0.05) is 42.5 Å². The van der Waals surface area contributed by atoms with Crippen molar-refractivity contribution in [2.24, 2.45) is 0 Å². The number of hydrogen-bond acceptors (Lipinski definition) is 17. The van der Waals surface area contributed by atoms with Crippen molar-refractivity contribution in [3.8, 4) is 28.6 Å². The predicted molar refractivity (Wildman–Crippen MR) is 295 cm³/mol. The van der Waals surface area contributed by atoms with E-state index >= 15 is 0 Å². The van der Waals surface area contributed by atoms with Gasteiger partial charge in [-0.2, -0.15) is 19.6 Å². The number of aryl methyl sites for hydroxylation is 3. The molecule has 73 heavy (non-hydrogen) atoms. The number of ether oxygens (including phenoxy) is 1. The number of benzene rings is 2. The third-order valence-corrected chi connectivity index (χ3v) is 12.0. The summed E-state index contributed by atoms with van der Waals surface area (Å²) < 4.78 is 9.41. The number of aromatic nitrogens is 10. The number of amides is 2. The molecule has 0 saturated carbocycles. The third kappa shape index (κ3) is 13.4. The molecule has 21 nitrogen and oxygen atoms in total. The molecule has 23 heteroatoms. The summed E-state index contributed by atoms with van der Waals surface area (Å²) in [7, 11) is 11.5. The molecule has 0 aliphatic rings. The maximum Gasteiger partial charge on any atom is 0.488 e. The molecule has 0 atom stereocenters. The van der Waals surface area contributed by atoms with Gasteiger partial charge in [0, 0.05) is 44.9 Å². The molecule has 0 aliphatic carbocycles. The highest BCUT2D eigenvalue weighted by molar-refractivity contribution is 14.1. The fourth-order valence-electron chi connectivity index (χ4n) is 6.93. The molecule has 8 aromatic rings. The van der Waals surface area contributed by atoms with Crippen molar-refractivity contribution >= 4 is 92.1 Å². The van der Waals surface area contributed by atoms with Crippen LogP contribution in [0.5, 0.6) is 5.75 Å². The van der Waals surface area contributed by atoms with Crippen LogP contribution in [-0.4, -0.2) is 151 Å². The quantitative estimate of drug-likeness (QED) is 0.0712. The Labute approximate surface area is 437 Å². The van der Waals surface area contributed by atoms with Gasteiger partial charge in [-0.25, -0.2) is 29.9 Å². The van der Waals surface area contributed by atoms with Crippen LogP contribution in [0.25, 0.3) is 45.0 Å². The number of anilines is 4. The second kappa shape index (κ2) is 24.6. The van der Waals surface area contributed by atoms with Crippen molar-refractivity contribution in [1.29, 1.82) is 0 Å². The Hall–Kier alpha value is -7.71. The molecule has 0 fully saturated rings.